The van der Waals surface area contributed by atoms with E-state index in [9.17, 15) is 5.11 Å². The molecule has 0 saturated carbocycles. The maximum Gasteiger partial charge on any atom is 0.138 e. The Kier molecular flexibility index (Phi) is 3.88. The van der Waals surface area contributed by atoms with Crippen LogP contribution in [0.2, 0.25) is 0 Å². The molecule has 0 amide bonds. The van der Waals surface area contributed by atoms with Crippen LogP contribution < -0.4 is 0 Å². The van der Waals surface area contributed by atoms with E-state index in [2.05, 4.69) is 10.1 Å². The molecule has 4 heteroatoms. The van der Waals surface area contributed by atoms with E-state index in [1.807, 2.05) is 41.9 Å². The van der Waals surface area contributed by atoms with Crippen LogP contribution in [0.25, 0.3) is 0 Å². The van der Waals surface area contributed by atoms with Gasteiger partial charge in [0.15, 0.2) is 0 Å². The Morgan fingerprint density at radius 1 is 1.24 bits per heavy atom. The summed E-state index contributed by atoms with van der Waals surface area (Å²) in [6.07, 6.45) is 2.32. The normalized spacial score (nSPS) is 12.6. The summed E-state index contributed by atoms with van der Waals surface area (Å²) in [5.41, 5.74) is 1.14. The van der Waals surface area contributed by atoms with Crippen molar-refractivity contribution >= 4 is 0 Å². The Morgan fingerprint density at radius 2 is 2.00 bits per heavy atom. The number of hydrogen-bond acceptors (Lipinski definition) is 3. The van der Waals surface area contributed by atoms with Crippen molar-refractivity contribution in [2.75, 3.05) is 0 Å². The highest BCUT2D eigenvalue weighted by Crippen LogP contribution is 2.07. The van der Waals surface area contributed by atoms with E-state index in [1.165, 1.54) is 6.33 Å². The molecular formula is C13H17N3O. The van der Waals surface area contributed by atoms with Gasteiger partial charge in [-0.2, -0.15) is 5.10 Å². The molecule has 0 radical (unpaired) electrons. The van der Waals surface area contributed by atoms with Gasteiger partial charge in [-0.05, 0) is 18.9 Å². The van der Waals surface area contributed by atoms with E-state index in [4.69, 9.17) is 0 Å². The molecule has 1 aromatic carbocycles. The summed E-state index contributed by atoms with van der Waals surface area (Å²) in [5.74, 6) is 0.843. The van der Waals surface area contributed by atoms with Gasteiger partial charge in [-0.15, -0.1) is 0 Å². The number of rotatable bonds is 5. The minimum Gasteiger partial charge on any atom is -0.392 e. The van der Waals surface area contributed by atoms with Crippen LogP contribution in [0.3, 0.4) is 0 Å². The lowest BCUT2D eigenvalue weighted by Gasteiger charge is -2.10. The zero-order valence-corrected chi connectivity index (χ0v) is 9.95. The maximum absolute atomic E-state index is 10.0. The smallest absolute Gasteiger partial charge is 0.138 e. The van der Waals surface area contributed by atoms with Crippen LogP contribution in [0.1, 0.15) is 18.3 Å². The van der Waals surface area contributed by atoms with Gasteiger partial charge in [0, 0.05) is 13.0 Å². The molecule has 17 heavy (non-hydrogen) atoms. The van der Waals surface area contributed by atoms with E-state index in [0.717, 1.165) is 17.9 Å². The number of aliphatic hydroxyl groups is 1. The molecule has 0 bridgehead atoms. The van der Waals surface area contributed by atoms with Gasteiger partial charge in [0.1, 0.15) is 12.2 Å². The van der Waals surface area contributed by atoms with E-state index in [-0.39, 0.29) is 0 Å². The van der Waals surface area contributed by atoms with E-state index < -0.39 is 6.10 Å². The van der Waals surface area contributed by atoms with Crippen LogP contribution in [-0.2, 0) is 19.4 Å². The molecule has 1 heterocycles. The fourth-order valence-electron chi connectivity index (χ4n) is 1.88. The second-order valence-corrected chi connectivity index (χ2v) is 4.04. The van der Waals surface area contributed by atoms with Crippen LogP contribution in [0, 0.1) is 0 Å². The molecule has 0 saturated heterocycles. The van der Waals surface area contributed by atoms with Crippen molar-refractivity contribution in [3.8, 4) is 0 Å². The number of aromatic nitrogens is 3. The Labute approximate surface area is 101 Å². The second-order valence-electron chi connectivity index (χ2n) is 4.04. The molecule has 1 N–H and O–H groups in total. The summed E-state index contributed by atoms with van der Waals surface area (Å²) in [7, 11) is 0. The lowest BCUT2D eigenvalue weighted by Crippen LogP contribution is -2.17. The van der Waals surface area contributed by atoms with E-state index >= 15 is 0 Å². The lowest BCUT2D eigenvalue weighted by molar-refractivity contribution is 0.171. The molecule has 1 aromatic heterocycles. The Morgan fingerprint density at radius 3 is 2.71 bits per heavy atom. The van der Waals surface area contributed by atoms with Crippen LogP contribution in [0.5, 0.6) is 0 Å². The number of aryl methyl sites for hydroxylation is 1. The highest BCUT2D eigenvalue weighted by molar-refractivity contribution is 5.15. The van der Waals surface area contributed by atoms with Crippen molar-refractivity contribution in [1.82, 2.24) is 14.8 Å². The number of benzene rings is 1. The van der Waals surface area contributed by atoms with Crippen molar-refractivity contribution in [3.63, 3.8) is 0 Å². The summed E-state index contributed by atoms with van der Waals surface area (Å²) < 4.78 is 1.81. The van der Waals surface area contributed by atoms with Gasteiger partial charge in [0.05, 0.1) is 6.10 Å². The molecule has 0 fully saturated rings. The van der Waals surface area contributed by atoms with Gasteiger partial charge in [-0.1, -0.05) is 30.3 Å². The first-order valence-electron chi connectivity index (χ1n) is 5.88. The predicted octanol–water partition coefficient (Wildman–Crippen LogP) is 1.44. The SMILES string of the molecule is CCn1ncnc1CC(O)Cc1ccccc1. The van der Waals surface area contributed by atoms with E-state index in [0.29, 0.717) is 12.8 Å². The largest absolute Gasteiger partial charge is 0.392 e. The molecule has 0 spiro atoms. The minimum absolute atomic E-state index is 0.410. The fourth-order valence-corrected chi connectivity index (χ4v) is 1.88. The van der Waals surface area contributed by atoms with Crippen LogP contribution in [-0.4, -0.2) is 26.0 Å². The fraction of sp³-hybridized carbons (Fsp3) is 0.385. The quantitative estimate of drug-likeness (QED) is 0.847. The molecule has 0 aliphatic heterocycles. The molecule has 2 aromatic rings. The van der Waals surface area contributed by atoms with Gasteiger partial charge in [0.25, 0.3) is 0 Å². The molecule has 0 aliphatic carbocycles. The second kappa shape index (κ2) is 5.59. The Hall–Kier alpha value is -1.68. The van der Waals surface area contributed by atoms with Gasteiger partial charge in [-0.25, -0.2) is 4.98 Å². The van der Waals surface area contributed by atoms with Crippen LogP contribution in [0.4, 0.5) is 0 Å². The zero-order chi connectivity index (χ0) is 12.1. The van der Waals surface area contributed by atoms with Gasteiger partial charge in [0.2, 0.25) is 0 Å². The molecule has 90 valence electrons. The van der Waals surface area contributed by atoms with Crippen LogP contribution >= 0.6 is 0 Å². The molecule has 0 aliphatic rings. The standard InChI is InChI=1S/C13H17N3O/c1-2-16-13(14-10-15-16)9-12(17)8-11-6-4-3-5-7-11/h3-7,10,12,17H,2,8-9H2,1H3. The first-order chi connectivity index (χ1) is 8.29. The first-order valence-corrected chi connectivity index (χ1v) is 5.88. The molecule has 2 rings (SSSR count). The third-order valence-corrected chi connectivity index (χ3v) is 2.73. The summed E-state index contributed by atoms with van der Waals surface area (Å²) >= 11 is 0. The van der Waals surface area contributed by atoms with Crippen molar-refractivity contribution in [3.05, 3.63) is 48.0 Å². The molecule has 4 nitrogen and oxygen atoms in total. The average Bonchev–Trinajstić information content (AvgIpc) is 2.77. The number of hydrogen-bond donors (Lipinski definition) is 1. The topological polar surface area (TPSA) is 50.9 Å². The third kappa shape index (κ3) is 3.14. The summed E-state index contributed by atoms with van der Waals surface area (Å²) in [4.78, 5) is 4.16. The highest BCUT2D eigenvalue weighted by Gasteiger charge is 2.11. The van der Waals surface area contributed by atoms with Gasteiger partial charge < -0.3 is 5.11 Å². The zero-order valence-electron chi connectivity index (χ0n) is 9.95. The average molecular weight is 231 g/mol. The Balaban J connectivity index is 1.96. The van der Waals surface area contributed by atoms with Gasteiger partial charge in [-0.3, -0.25) is 4.68 Å². The summed E-state index contributed by atoms with van der Waals surface area (Å²) in [5, 5.41) is 14.1. The highest BCUT2D eigenvalue weighted by atomic mass is 16.3. The van der Waals surface area contributed by atoms with E-state index in [1.54, 1.807) is 0 Å². The molecular weight excluding hydrogens is 214 g/mol. The third-order valence-electron chi connectivity index (χ3n) is 2.73. The molecule has 1 atom stereocenters. The Bertz CT molecular complexity index is 453. The number of nitrogens with zero attached hydrogens (tertiary/aromatic N) is 3. The van der Waals surface area contributed by atoms with Crippen molar-refractivity contribution < 1.29 is 5.11 Å². The van der Waals surface area contributed by atoms with Crippen molar-refractivity contribution in [2.45, 2.75) is 32.4 Å². The van der Waals surface area contributed by atoms with Crippen molar-refractivity contribution in [2.24, 2.45) is 0 Å². The predicted molar refractivity (Wildman–Crippen MR) is 65.6 cm³/mol. The van der Waals surface area contributed by atoms with Gasteiger partial charge >= 0.3 is 0 Å². The maximum atomic E-state index is 10.0. The van der Waals surface area contributed by atoms with Crippen molar-refractivity contribution in [1.29, 1.82) is 0 Å². The summed E-state index contributed by atoms with van der Waals surface area (Å²) in [6.45, 7) is 2.80. The lowest BCUT2D eigenvalue weighted by atomic mass is 10.1. The number of aliphatic hydroxyl groups excluding tert-OH is 1. The molecule has 1 unspecified atom stereocenters. The summed E-state index contributed by atoms with van der Waals surface area (Å²) in [6, 6.07) is 9.98. The minimum atomic E-state index is -0.410. The monoisotopic (exact) mass is 231 g/mol. The first kappa shape index (κ1) is 11.8. The van der Waals surface area contributed by atoms with Crippen LogP contribution in [0.15, 0.2) is 36.7 Å².